The molecule has 0 radical (unpaired) electrons. The molecule has 0 aliphatic heterocycles. The third-order valence-corrected chi connectivity index (χ3v) is 1.86. The fourth-order valence-corrected chi connectivity index (χ4v) is 1.11. The molecule has 5 heteroatoms. The van der Waals surface area contributed by atoms with Gasteiger partial charge in [0.2, 0.25) is 0 Å². The molecule has 0 aliphatic rings. The van der Waals surface area contributed by atoms with Crippen molar-refractivity contribution in [2.45, 2.75) is 6.32 Å². The van der Waals surface area contributed by atoms with Crippen LogP contribution in [-0.4, -0.2) is 17.2 Å². The zero-order chi connectivity index (χ0) is 9.14. The predicted molar refractivity (Wildman–Crippen MR) is 45.3 cm³/mol. The highest BCUT2D eigenvalue weighted by atomic mass is 35.5. The van der Waals surface area contributed by atoms with Gasteiger partial charge >= 0.3 is 7.12 Å². The van der Waals surface area contributed by atoms with E-state index in [2.05, 4.69) is 0 Å². The van der Waals surface area contributed by atoms with E-state index in [4.69, 9.17) is 21.6 Å². The Balaban J connectivity index is 2.92. The van der Waals surface area contributed by atoms with Crippen LogP contribution >= 0.6 is 11.6 Å². The first-order chi connectivity index (χ1) is 5.61. The van der Waals surface area contributed by atoms with Gasteiger partial charge in [0.25, 0.3) is 0 Å². The molecule has 12 heavy (non-hydrogen) atoms. The van der Waals surface area contributed by atoms with Gasteiger partial charge in [-0.05, 0) is 11.6 Å². The average Bonchev–Trinajstić information content (AvgIpc) is 1.98. The normalized spacial score (nSPS) is 10.0. The maximum Gasteiger partial charge on any atom is 0.456 e. The second-order valence-corrected chi connectivity index (χ2v) is 2.78. The molecule has 0 aliphatic carbocycles. The lowest BCUT2D eigenvalue weighted by Gasteiger charge is -2.02. The van der Waals surface area contributed by atoms with Gasteiger partial charge in [0.05, 0.1) is 5.02 Å². The summed E-state index contributed by atoms with van der Waals surface area (Å²) in [4.78, 5) is 0. The van der Waals surface area contributed by atoms with Crippen LogP contribution in [0.1, 0.15) is 5.56 Å². The van der Waals surface area contributed by atoms with E-state index in [1.165, 1.54) is 12.1 Å². The molecule has 0 saturated carbocycles. The van der Waals surface area contributed by atoms with Crippen LogP contribution in [0, 0.1) is 5.82 Å². The average molecular weight is 188 g/mol. The van der Waals surface area contributed by atoms with Crippen LogP contribution in [0.25, 0.3) is 0 Å². The van der Waals surface area contributed by atoms with Gasteiger partial charge in [0, 0.05) is 6.32 Å². The highest BCUT2D eigenvalue weighted by Gasteiger charge is 2.12. The van der Waals surface area contributed by atoms with E-state index in [-0.39, 0.29) is 11.3 Å². The molecule has 1 aromatic rings. The molecule has 2 N–H and O–H groups in total. The highest BCUT2D eigenvalue weighted by Crippen LogP contribution is 2.19. The van der Waals surface area contributed by atoms with E-state index < -0.39 is 12.9 Å². The van der Waals surface area contributed by atoms with Crippen molar-refractivity contribution in [3.05, 3.63) is 34.6 Å². The molecule has 0 aromatic heterocycles. The maximum atomic E-state index is 12.7. The Bertz CT molecular complexity index is 280. The lowest BCUT2D eigenvalue weighted by atomic mass is 9.82. The third-order valence-electron chi connectivity index (χ3n) is 1.43. The van der Waals surface area contributed by atoms with Gasteiger partial charge in [-0.15, -0.1) is 0 Å². The van der Waals surface area contributed by atoms with Crippen molar-refractivity contribution >= 4 is 18.7 Å². The van der Waals surface area contributed by atoms with Crippen molar-refractivity contribution in [2.75, 3.05) is 0 Å². The molecular weight excluding hydrogens is 181 g/mol. The van der Waals surface area contributed by atoms with Gasteiger partial charge in [-0.2, -0.15) is 0 Å². The quantitative estimate of drug-likeness (QED) is 0.681. The first-order valence-corrected chi connectivity index (χ1v) is 3.78. The lowest BCUT2D eigenvalue weighted by Crippen LogP contribution is -2.15. The zero-order valence-electron chi connectivity index (χ0n) is 6.17. The number of hydrogen-bond donors (Lipinski definition) is 2. The molecule has 0 spiro atoms. The van der Waals surface area contributed by atoms with Crippen molar-refractivity contribution in [3.63, 3.8) is 0 Å². The molecule has 0 bridgehead atoms. The van der Waals surface area contributed by atoms with Crippen molar-refractivity contribution < 1.29 is 14.4 Å². The van der Waals surface area contributed by atoms with Crippen LogP contribution in [0.2, 0.25) is 5.02 Å². The van der Waals surface area contributed by atoms with Crippen LogP contribution in [-0.2, 0) is 6.32 Å². The van der Waals surface area contributed by atoms with Gasteiger partial charge in [-0.1, -0.05) is 23.7 Å². The Morgan fingerprint density at radius 2 is 2.08 bits per heavy atom. The van der Waals surface area contributed by atoms with Gasteiger partial charge < -0.3 is 10.0 Å². The highest BCUT2D eigenvalue weighted by molar-refractivity contribution is 6.41. The standard InChI is InChI=1S/C7H7BClFO2/c9-7-5(4-8(11)12)2-1-3-6(7)10/h1-3,11-12H,4H2. The lowest BCUT2D eigenvalue weighted by molar-refractivity contribution is 0.405. The number of hydrogen-bond acceptors (Lipinski definition) is 2. The summed E-state index contributed by atoms with van der Waals surface area (Å²) in [6.45, 7) is 0. The number of benzene rings is 1. The summed E-state index contributed by atoms with van der Waals surface area (Å²) in [6.07, 6.45) is -0.0589. The van der Waals surface area contributed by atoms with Crippen LogP contribution in [0.3, 0.4) is 0 Å². The number of rotatable bonds is 2. The van der Waals surface area contributed by atoms with Gasteiger partial charge in [-0.25, -0.2) is 4.39 Å². The van der Waals surface area contributed by atoms with Crippen molar-refractivity contribution in [1.82, 2.24) is 0 Å². The van der Waals surface area contributed by atoms with Crippen molar-refractivity contribution in [2.24, 2.45) is 0 Å². The van der Waals surface area contributed by atoms with Crippen LogP contribution in [0.5, 0.6) is 0 Å². The zero-order valence-corrected chi connectivity index (χ0v) is 6.92. The first kappa shape index (κ1) is 9.51. The largest absolute Gasteiger partial charge is 0.456 e. The SMILES string of the molecule is OB(O)Cc1cccc(F)c1Cl. The second kappa shape index (κ2) is 3.89. The molecule has 0 atom stereocenters. The monoisotopic (exact) mass is 188 g/mol. The molecular formula is C7H7BClFO2. The van der Waals surface area contributed by atoms with E-state index in [0.717, 1.165) is 0 Å². The van der Waals surface area contributed by atoms with E-state index in [1.54, 1.807) is 6.07 Å². The smallest absolute Gasteiger partial charge is 0.427 e. The molecule has 64 valence electrons. The summed E-state index contributed by atoms with van der Waals surface area (Å²) in [5.74, 6) is -0.546. The predicted octanol–water partition coefficient (Wildman–Crippen LogP) is 1.03. The molecule has 0 fully saturated rings. The topological polar surface area (TPSA) is 40.5 Å². The molecule has 0 heterocycles. The van der Waals surface area contributed by atoms with Gasteiger partial charge in [0.15, 0.2) is 0 Å². The molecule has 1 rings (SSSR count). The fourth-order valence-electron chi connectivity index (χ4n) is 0.903. The van der Waals surface area contributed by atoms with Crippen LogP contribution in [0.15, 0.2) is 18.2 Å². The van der Waals surface area contributed by atoms with Crippen LogP contribution < -0.4 is 0 Å². The fraction of sp³-hybridized carbons (Fsp3) is 0.143. The summed E-state index contributed by atoms with van der Waals surface area (Å²) in [7, 11) is -1.50. The van der Waals surface area contributed by atoms with Gasteiger partial charge in [0.1, 0.15) is 5.82 Å². The minimum atomic E-state index is -1.50. The minimum Gasteiger partial charge on any atom is -0.427 e. The Kier molecular flexibility index (Phi) is 3.09. The van der Waals surface area contributed by atoms with Crippen LogP contribution in [0.4, 0.5) is 4.39 Å². The Morgan fingerprint density at radius 3 is 2.67 bits per heavy atom. The Labute approximate surface area is 74.7 Å². The minimum absolute atomic E-state index is 0.0504. The second-order valence-electron chi connectivity index (χ2n) is 2.40. The molecule has 0 unspecified atom stereocenters. The summed E-state index contributed by atoms with van der Waals surface area (Å²) < 4.78 is 12.7. The maximum absolute atomic E-state index is 12.7. The van der Waals surface area contributed by atoms with Crippen molar-refractivity contribution in [3.8, 4) is 0 Å². The van der Waals surface area contributed by atoms with E-state index >= 15 is 0 Å². The summed E-state index contributed by atoms with van der Waals surface area (Å²) >= 11 is 5.54. The summed E-state index contributed by atoms with van der Waals surface area (Å²) in [6, 6.07) is 4.24. The Hall–Kier alpha value is -0.575. The summed E-state index contributed by atoms with van der Waals surface area (Å²) in [5, 5.41) is 17.1. The van der Waals surface area contributed by atoms with E-state index in [1.807, 2.05) is 0 Å². The van der Waals surface area contributed by atoms with E-state index in [0.29, 0.717) is 5.56 Å². The number of halogens is 2. The first-order valence-electron chi connectivity index (χ1n) is 3.40. The molecule has 0 saturated heterocycles. The summed E-state index contributed by atoms with van der Waals surface area (Å²) in [5.41, 5.74) is 0.395. The van der Waals surface area contributed by atoms with Gasteiger partial charge in [-0.3, -0.25) is 0 Å². The molecule has 1 aromatic carbocycles. The molecule has 2 nitrogen and oxygen atoms in total. The van der Waals surface area contributed by atoms with Crippen molar-refractivity contribution in [1.29, 1.82) is 0 Å². The molecule has 0 amide bonds. The third kappa shape index (κ3) is 2.20. The van der Waals surface area contributed by atoms with E-state index in [9.17, 15) is 4.39 Å². The Morgan fingerprint density at radius 1 is 1.42 bits per heavy atom.